The van der Waals surface area contributed by atoms with E-state index in [0.717, 1.165) is 5.56 Å². The van der Waals surface area contributed by atoms with E-state index in [4.69, 9.17) is 5.11 Å². The molecule has 1 aromatic carbocycles. The second-order valence-corrected chi connectivity index (χ2v) is 3.32. The molecule has 80 valence electrons. The molecule has 1 aromatic rings. The maximum absolute atomic E-state index is 13.3. The summed E-state index contributed by atoms with van der Waals surface area (Å²) in [5.41, 5.74) is 1.93. The summed E-state index contributed by atoms with van der Waals surface area (Å²) < 4.78 is 13.3. The fourth-order valence-corrected chi connectivity index (χ4v) is 1.37. The first-order chi connectivity index (χ1) is 7.06. The van der Waals surface area contributed by atoms with Crippen molar-refractivity contribution in [2.24, 2.45) is 0 Å². The molecule has 0 atom stereocenters. The second-order valence-electron chi connectivity index (χ2n) is 3.32. The number of hydrogen-bond acceptors (Lipinski definition) is 1. The number of rotatable bonds is 3. The highest BCUT2D eigenvalue weighted by Crippen LogP contribution is 2.23. The monoisotopic (exact) mass is 208 g/mol. The van der Waals surface area contributed by atoms with Crippen LogP contribution in [0.25, 0.3) is 5.57 Å². The van der Waals surface area contributed by atoms with Crippen LogP contribution in [0.3, 0.4) is 0 Å². The number of allylic oxidation sites excluding steroid dienone is 1. The zero-order chi connectivity index (χ0) is 11.4. The summed E-state index contributed by atoms with van der Waals surface area (Å²) in [6, 6.07) is 7.13. The number of aliphatic carboxylic acids is 1. The van der Waals surface area contributed by atoms with Crippen molar-refractivity contribution in [1.29, 1.82) is 0 Å². The molecule has 2 nitrogen and oxygen atoms in total. The van der Waals surface area contributed by atoms with Gasteiger partial charge in [0.05, 0.1) is 0 Å². The van der Waals surface area contributed by atoms with Gasteiger partial charge in [-0.15, -0.1) is 0 Å². The Morgan fingerprint density at radius 3 is 2.27 bits per heavy atom. The first kappa shape index (κ1) is 11.4. The third-order valence-corrected chi connectivity index (χ3v) is 2.21. The lowest BCUT2D eigenvalue weighted by molar-refractivity contribution is -0.134. The van der Waals surface area contributed by atoms with E-state index in [0.29, 0.717) is 12.0 Å². The fourth-order valence-electron chi connectivity index (χ4n) is 1.37. The molecule has 0 aromatic heterocycles. The summed E-state index contributed by atoms with van der Waals surface area (Å²) in [6.07, 6.45) is 0.362. The molecule has 0 aliphatic heterocycles. The van der Waals surface area contributed by atoms with Crippen LogP contribution in [0.15, 0.2) is 30.1 Å². The molecule has 0 aliphatic rings. The predicted molar refractivity (Wildman–Crippen MR) is 57.1 cm³/mol. The molecule has 0 saturated heterocycles. The highest BCUT2D eigenvalue weighted by molar-refractivity contribution is 5.93. The molecule has 0 aliphatic carbocycles. The van der Waals surface area contributed by atoms with Crippen molar-refractivity contribution in [2.75, 3.05) is 0 Å². The van der Waals surface area contributed by atoms with Crippen molar-refractivity contribution in [3.63, 3.8) is 0 Å². The zero-order valence-electron chi connectivity index (χ0n) is 8.75. The van der Waals surface area contributed by atoms with Crippen molar-refractivity contribution in [3.8, 4) is 0 Å². The largest absolute Gasteiger partial charge is 0.476 e. The van der Waals surface area contributed by atoms with Crippen LogP contribution in [0.2, 0.25) is 0 Å². The molecule has 1 N–H and O–H groups in total. The molecule has 0 saturated carbocycles. The molecule has 0 amide bonds. The van der Waals surface area contributed by atoms with Crippen LogP contribution in [0.4, 0.5) is 4.39 Å². The van der Waals surface area contributed by atoms with Gasteiger partial charge in [0.25, 0.3) is 0 Å². The van der Waals surface area contributed by atoms with Crippen molar-refractivity contribution in [3.05, 3.63) is 41.2 Å². The quantitative estimate of drug-likeness (QED) is 0.774. The molecule has 1 rings (SSSR count). The molecule has 0 bridgehead atoms. The lowest BCUT2D eigenvalue weighted by atomic mass is 10.0. The Balaban J connectivity index is 3.19. The minimum absolute atomic E-state index is 0.238. The van der Waals surface area contributed by atoms with Crippen LogP contribution in [0.1, 0.15) is 24.5 Å². The molecule has 3 heteroatoms. The van der Waals surface area contributed by atoms with Crippen LogP contribution in [-0.2, 0) is 4.79 Å². The molecule has 0 unspecified atom stereocenters. The zero-order valence-corrected chi connectivity index (χ0v) is 8.75. The summed E-state index contributed by atoms with van der Waals surface area (Å²) in [7, 11) is 0. The van der Waals surface area contributed by atoms with Crippen molar-refractivity contribution >= 4 is 11.5 Å². The molecular formula is C12H13FO2. The van der Waals surface area contributed by atoms with Crippen LogP contribution >= 0.6 is 0 Å². The predicted octanol–water partition coefficient (Wildman–Crippen LogP) is 3.17. The first-order valence-corrected chi connectivity index (χ1v) is 4.75. The van der Waals surface area contributed by atoms with E-state index in [1.54, 1.807) is 19.1 Å². The smallest absolute Gasteiger partial charge is 0.365 e. The Labute approximate surface area is 88.1 Å². The van der Waals surface area contributed by atoms with E-state index >= 15 is 0 Å². The standard InChI is InChI=1S/C12H13FO2/c1-3-10(11(13)12(14)15)9-6-4-8(2)5-7-9/h4-7H,3H2,1-2H3,(H,14,15)/b11-10-. The summed E-state index contributed by atoms with van der Waals surface area (Å²) in [6.45, 7) is 3.66. The number of hydrogen-bond donors (Lipinski definition) is 1. The normalized spacial score (nSPS) is 12.2. The highest BCUT2D eigenvalue weighted by atomic mass is 19.1. The Kier molecular flexibility index (Phi) is 3.61. The van der Waals surface area contributed by atoms with Gasteiger partial charge in [0.15, 0.2) is 0 Å². The maximum Gasteiger partial charge on any atom is 0.365 e. The van der Waals surface area contributed by atoms with Crippen molar-refractivity contribution in [1.82, 2.24) is 0 Å². The van der Waals surface area contributed by atoms with Crippen LogP contribution in [0.5, 0.6) is 0 Å². The number of carbonyl (C=O) groups is 1. The van der Waals surface area contributed by atoms with Gasteiger partial charge in [-0.25, -0.2) is 4.79 Å². The maximum atomic E-state index is 13.3. The minimum Gasteiger partial charge on any atom is -0.476 e. The van der Waals surface area contributed by atoms with E-state index in [2.05, 4.69) is 0 Å². The first-order valence-electron chi connectivity index (χ1n) is 4.75. The van der Waals surface area contributed by atoms with E-state index in [1.165, 1.54) is 0 Å². The SMILES string of the molecule is CC/C(=C(/F)C(=O)O)c1ccc(C)cc1. The van der Waals surface area contributed by atoms with Gasteiger partial charge in [0.2, 0.25) is 5.83 Å². The summed E-state index contributed by atoms with van der Waals surface area (Å²) in [5, 5.41) is 8.57. The molecule has 0 radical (unpaired) electrons. The lowest BCUT2D eigenvalue weighted by Gasteiger charge is -2.05. The summed E-state index contributed by atoms with van der Waals surface area (Å²) in [4.78, 5) is 10.5. The van der Waals surface area contributed by atoms with Gasteiger partial charge in [0.1, 0.15) is 0 Å². The van der Waals surface area contributed by atoms with E-state index < -0.39 is 11.8 Å². The molecular weight excluding hydrogens is 195 g/mol. The van der Waals surface area contributed by atoms with Gasteiger partial charge in [-0.1, -0.05) is 36.8 Å². The van der Waals surface area contributed by atoms with Crippen LogP contribution < -0.4 is 0 Å². The molecule has 0 fully saturated rings. The molecule has 0 spiro atoms. The second kappa shape index (κ2) is 4.73. The Bertz CT molecular complexity index is 391. The average Bonchev–Trinajstić information content (AvgIpc) is 2.21. The third-order valence-electron chi connectivity index (χ3n) is 2.21. The molecule has 15 heavy (non-hydrogen) atoms. The van der Waals surface area contributed by atoms with Gasteiger partial charge in [-0.2, -0.15) is 4.39 Å². The van der Waals surface area contributed by atoms with E-state index in [9.17, 15) is 9.18 Å². The minimum atomic E-state index is -1.51. The van der Waals surface area contributed by atoms with Gasteiger partial charge in [-0.3, -0.25) is 0 Å². The van der Waals surface area contributed by atoms with E-state index in [1.807, 2.05) is 19.1 Å². The van der Waals surface area contributed by atoms with Crippen LogP contribution in [-0.4, -0.2) is 11.1 Å². The van der Waals surface area contributed by atoms with Gasteiger partial charge in [0, 0.05) is 5.57 Å². The highest BCUT2D eigenvalue weighted by Gasteiger charge is 2.13. The summed E-state index contributed by atoms with van der Waals surface area (Å²) >= 11 is 0. The number of aryl methyl sites for hydroxylation is 1. The van der Waals surface area contributed by atoms with E-state index in [-0.39, 0.29) is 5.57 Å². The number of carboxylic acid groups (broad SMARTS) is 1. The van der Waals surface area contributed by atoms with Gasteiger partial charge in [-0.05, 0) is 18.9 Å². The number of carboxylic acids is 1. The Hall–Kier alpha value is -1.64. The van der Waals surface area contributed by atoms with Gasteiger partial charge < -0.3 is 5.11 Å². The third kappa shape index (κ3) is 2.65. The number of benzene rings is 1. The Morgan fingerprint density at radius 1 is 1.33 bits per heavy atom. The fraction of sp³-hybridized carbons (Fsp3) is 0.250. The molecule has 0 heterocycles. The Morgan fingerprint density at radius 2 is 1.87 bits per heavy atom. The van der Waals surface area contributed by atoms with Gasteiger partial charge >= 0.3 is 5.97 Å². The number of halogens is 1. The summed E-state index contributed by atoms with van der Waals surface area (Å²) in [5.74, 6) is -2.58. The van der Waals surface area contributed by atoms with Crippen LogP contribution in [0, 0.1) is 6.92 Å². The topological polar surface area (TPSA) is 37.3 Å². The lowest BCUT2D eigenvalue weighted by Crippen LogP contribution is -1.99. The average molecular weight is 208 g/mol. The van der Waals surface area contributed by atoms with Crippen molar-refractivity contribution < 1.29 is 14.3 Å². The van der Waals surface area contributed by atoms with Crippen molar-refractivity contribution in [2.45, 2.75) is 20.3 Å².